The molecule has 2 heteroatoms. The smallest absolute Gasteiger partial charge is 0.0589 e. The lowest BCUT2D eigenvalue weighted by molar-refractivity contribution is -1.30. The molecule has 0 atom stereocenters. The first-order valence-corrected chi connectivity index (χ1v) is 10.7. The maximum Gasteiger partial charge on any atom is 0.0589 e. The molecule has 0 saturated heterocycles. The van der Waals surface area contributed by atoms with Gasteiger partial charge in [0, 0.05) is 0 Å². The summed E-state index contributed by atoms with van der Waals surface area (Å²) < 4.78 is 1.31. The Balaban J connectivity index is 3.85. The molecular weight excluding hydrogens is 369 g/mol. The van der Waals surface area contributed by atoms with Gasteiger partial charge in [0.05, 0.1) is 19.6 Å². The van der Waals surface area contributed by atoms with Crippen LogP contribution in [0.4, 0.5) is 0 Å². The van der Waals surface area contributed by atoms with E-state index in [2.05, 4.69) is 43.6 Å². The predicted octanol–water partition coefficient (Wildman–Crippen LogP) is 3.40. The average molecular weight is 410 g/mol. The van der Waals surface area contributed by atoms with E-state index in [1.165, 1.54) is 106 Å². The Kier molecular flexibility index (Phi) is 16.1. The van der Waals surface area contributed by atoms with Crippen LogP contribution in [0.25, 0.3) is 0 Å². The molecule has 0 aliphatic heterocycles. The molecule has 0 N–H and O–H groups in total. The van der Waals surface area contributed by atoms with Gasteiger partial charge in [-0.1, -0.05) is 65.7 Å². The summed E-state index contributed by atoms with van der Waals surface area (Å²) in [7, 11) is 0. The summed E-state index contributed by atoms with van der Waals surface area (Å²) in [5.74, 6) is 0. The molecule has 0 unspecified atom stereocenters. The largest absolute Gasteiger partial charge is 0.472 e. The maximum atomic E-state index is 2.77. The molecule has 0 bridgehead atoms. The zero-order chi connectivity index (χ0) is 15.8. The van der Waals surface area contributed by atoms with E-state index in [0.29, 0.717) is 0 Å². The number of halogens is 1. The SMILES string of the molecule is CCCCCCCCC[N+]([I-])(CCCCC)CCCCC. The van der Waals surface area contributed by atoms with Gasteiger partial charge in [-0.25, -0.2) is 0 Å². The molecule has 0 fully saturated rings. The Labute approximate surface area is 149 Å². The third-order valence-electron chi connectivity index (χ3n) is 4.49. The molecular formula is C19H41IN. The first-order chi connectivity index (χ1) is 10.2. The van der Waals surface area contributed by atoms with Gasteiger partial charge in [0.2, 0.25) is 0 Å². The van der Waals surface area contributed by atoms with Crippen LogP contribution in [0.5, 0.6) is 0 Å². The van der Waals surface area contributed by atoms with Gasteiger partial charge >= 0.3 is 0 Å². The van der Waals surface area contributed by atoms with Crippen LogP contribution in [0.2, 0.25) is 0 Å². The molecule has 0 spiro atoms. The van der Waals surface area contributed by atoms with Gasteiger partial charge in [0.15, 0.2) is 0 Å². The van der Waals surface area contributed by atoms with E-state index in [1.807, 2.05) is 0 Å². The van der Waals surface area contributed by atoms with Crippen molar-refractivity contribution in [2.45, 2.75) is 104 Å². The van der Waals surface area contributed by atoms with Crippen molar-refractivity contribution in [3.8, 4) is 0 Å². The normalized spacial score (nSPS) is 12.0. The highest BCUT2D eigenvalue weighted by atomic mass is 127. The highest BCUT2D eigenvalue weighted by molar-refractivity contribution is 4.47. The van der Waals surface area contributed by atoms with E-state index < -0.39 is 0 Å². The molecule has 0 saturated carbocycles. The van der Waals surface area contributed by atoms with E-state index in [4.69, 9.17) is 0 Å². The summed E-state index contributed by atoms with van der Waals surface area (Å²) in [6.45, 7) is 11.1. The topological polar surface area (TPSA) is 0 Å². The molecule has 0 aliphatic carbocycles. The third kappa shape index (κ3) is 14.0. The molecule has 0 amide bonds. The second-order valence-electron chi connectivity index (χ2n) is 6.74. The van der Waals surface area contributed by atoms with Crippen LogP contribution < -0.4 is 22.9 Å². The van der Waals surface area contributed by atoms with Crippen molar-refractivity contribution in [2.75, 3.05) is 19.6 Å². The van der Waals surface area contributed by atoms with Crippen molar-refractivity contribution in [2.24, 2.45) is 0 Å². The van der Waals surface area contributed by atoms with Crippen LogP contribution >= 0.6 is 0 Å². The van der Waals surface area contributed by atoms with E-state index in [0.717, 1.165) is 0 Å². The van der Waals surface area contributed by atoms with Crippen LogP contribution in [-0.2, 0) is 0 Å². The average Bonchev–Trinajstić information content (AvgIpc) is 2.47. The second kappa shape index (κ2) is 15.6. The van der Waals surface area contributed by atoms with E-state index in [-0.39, 0.29) is 0 Å². The zero-order valence-corrected chi connectivity index (χ0v) is 17.3. The van der Waals surface area contributed by atoms with E-state index >= 15 is 0 Å². The lowest BCUT2D eigenvalue weighted by atomic mass is 10.1. The van der Waals surface area contributed by atoms with Gasteiger partial charge in [-0.2, -0.15) is 0 Å². The fourth-order valence-electron chi connectivity index (χ4n) is 2.98. The van der Waals surface area contributed by atoms with Crippen molar-refractivity contribution >= 4 is 0 Å². The molecule has 1 nitrogen and oxygen atoms in total. The van der Waals surface area contributed by atoms with Crippen LogP contribution in [0.15, 0.2) is 0 Å². The molecule has 0 aromatic carbocycles. The summed E-state index contributed by atoms with van der Waals surface area (Å²) in [6.07, 6.45) is 18.4. The summed E-state index contributed by atoms with van der Waals surface area (Å²) in [4.78, 5) is 0. The fraction of sp³-hybridized carbons (Fsp3) is 1.00. The van der Waals surface area contributed by atoms with E-state index in [9.17, 15) is 0 Å². The second-order valence-corrected chi connectivity index (χ2v) is 8.78. The zero-order valence-electron chi connectivity index (χ0n) is 15.1. The summed E-state index contributed by atoms with van der Waals surface area (Å²) in [6, 6.07) is 0. The Bertz CT molecular complexity index is 196. The molecule has 1 radical (unpaired) electrons. The minimum Gasteiger partial charge on any atom is -0.472 e. The monoisotopic (exact) mass is 410 g/mol. The summed E-state index contributed by atoms with van der Waals surface area (Å²) >= 11 is 2.77. The number of hydrogen-bond acceptors (Lipinski definition) is 0. The lowest BCUT2D eigenvalue weighted by Crippen LogP contribution is -3.47. The van der Waals surface area contributed by atoms with Gasteiger partial charge in [0.1, 0.15) is 0 Å². The van der Waals surface area contributed by atoms with Crippen molar-refractivity contribution in [3.63, 3.8) is 0 Å². The molecule has 21 heavy (non-hydrogen) atoms. The molecule has 0 aromatic heterocycles. The fourth-order valence-corrected chi connectivity index (χ4v) is 4.00. The van der Waals surface area contributed by atoms with Gasteiger partial charge < -0.3 is 25.6 Å². The molecule has 129 valence electrons. The number of hydrogen-bond donors (Lipinski definition) is 0. The number of nitrogens with zero attached hydrogens (tertiary/aromatic N) is 1. The standard InChI is InChI=1S/C19H41IN/c1-4-7-10-11-12-13-16-19-21(20,17-14-8-5-2)18-15-9-6-3/h4-19H2,1-3H3. The Hall–Kier alpha value is 0.690. The number of rotatable bonds is 16. The number of unbranched alkanes of at least 4 members (excludes halogenated alkanes) is 10. The first-order valence-electron chi connectivity index (χ1n) is 9.74. The van der Waals surface area contributed by atoms with Gasteiger partial charge in [0.25, 0.3) is 0 Å². The summed E-state index contributed by atoms with van der Waals surface area (Å²) in [5, 5.41) is 0. The number of quaternary nitrogens is 1. The summed E-state index contributed by atoms with van der Waals surface area (Å²) in [5.41, 5.74) is 0. The van der Waals surface area contributed by atoms with Gasteiger partial charge in [-0.15, -0.1) is 0 Å². The predicted molar refractivity (Wildman–Crippen MR) is 91.9 cm³/mol. The van der Waals surface area contributed by atoms with Crippen molar-refractivity contribution in [1.82, 2.24) is 0 Å². The van der Waals surface area contributed by atoms with Crippen LogP contribution in [0.3, 0.4) is 0 Å². The van der Waals surface area contributed by atoms with Crippen LogP contribution in [0.1, 0.15) is 104 Å². The van der Waals surface area contributed by atoms with Crippen molar-refractivity contribution < 1.29 is 25.6 Å². The molecule has 0 rings (SSSR count). The van der Waals surface area contributed by atoms with Gasteiger partial charge in [-0.3, -0.25) is 0 Å². The van der Waals surface area contributed by atoms with Crippen molar-refractivity contribution in [3.05, 3.63) is 0 Å². The third-order valence-corrected chi connectivity index (χ3v) is 5.93. The van der Waals surface area contributed by atoms with Gasteiger partial charge in [-0.05, 0) is 38.5 Å². The highest BCUT2D eigenvalue weighted by Gasteiger charge is 2.13. The molecule has 0 aliphatic rings. The van der Waals surface area contributed by atoms with Crippen LogP contribution in [0, 0.1) is 0 Å². The Morgan fingerprint density at radius 1 is 0.476 bits per heavy atom. The maximum absolute atomic E-state index is 2.77. The van der Waals surface area contributed by atoms with Crippen LogP contribution in [-0.4, -0.2) is 22.3 Å². The quantitative estimate of drug-likeness (QED) is 0.208. The molecule has 0 heterocycles. The first kappa shape index (κ1) is 21.7. The molecule has 0 aromatic rings. The Morgan fingerprint density at radius 3 is 1.19 bits per heavy atom. The minimum absolute atomic E-state index is 1.31. The highest BCUT2D eigenvalue weighted by Crippen LogP contribution is 2.11. The minimum atomic E-state index is 1.31. The Morgan fingerprint density at radius 2 is 0.762 bits per heavy atom. The van der Waals surface area contributed by atoms with Crippen molar-refractivity contribution in [1.29, 1.82) is 0 Å². The van der Waals surface area contributed by atoms with E-state index in [1.54, 1.807) is 0 Å². The lowest BCUT2D eigenvalue weighted by Gasteiger charge is -2.45.